The molecule has 13 aromatic carbocycles. The molecule has 2 aliphatic rings. The van der Waals surface area contributed by atoms with Gasteiger partial charge in [-0.25, -0.2) is 0 Å². The summed E-state index contributed by atoms with van der Waals surface area (Å²) in [4.78, 5) is 7.45. The molecular formula is C81H59N3O2. The summed E-state index contributed by atoms with van der Waals surface area (Å²) in [6.45, 7) is 8.74. The molecule has 5 nitrogen and oxygen atoms in total. The number of rotatable bonds is 9. The number of aryl methyl sites for hydroxylation is 4. The Morgan fingerprint density at radius 2 is 0.698 bits per heavy atom. The number of nitrogens with zero attached hydrogens (tertiary/aromatic N) is 3. The Bertz CT molecular complexity index is 4940. The summed E-state index contributed by atoms with van der Waals surface area (Å²) in [5, 5.41) is 9.02. The molecular weight excluding hydrogens is 1050 g/mol. The maximum absolute atomic E-state index is 7.16. The van der Waals surface area contributed by atoms with Crippen molar-refractivity contribution in [3.05, 3.63) is 305 Å². The molecule has 0 N–H and O–H groups in total. The number of fused-ring (bicyclic) bond motifs is 19. The van der Waals surface area contributed by atoms with E-state index in [2.05, 4.69) is 303 Å². The molecule has 0 fully saturated rings. The van der Waals surface area contributed by atoms with Crippen LogP contribution in [0.1, 0.15) is 58.4 Å². The molecule has 0 saturated heterocycles. The van der Waals surface area contributed by atoms with Crippen molar-refractivity contribution in [3.8, 4) is 11.1 Å². The van der Waals surface area contributed by atoms with E-state index < -0.39 is 5.41 Å². The Morgan fingerprint density at radius 1 is 0.326 bits per heavy atom. The molecule has 3 heterocycles. The van der Waals surface area contributed by atoms with Crippen LogP contribution in [0.4, 0.5) is 51.2 Å². The van der Waals surface area contributed by atoms with Crippen molar-refractivity contribution in [2.75, 3.05) is 14.7 Å². The second-order valence-electron chi connectivity index (χ2n) is 23.3. The molecule has 1 spiro atoms. The minimum atomic E-state index is -0.888. The van der Waals surface area contributed by atoms with Gasteiger partial charge in [0.15, 0.2) is 11.2 Å². The van der Waals surface area contributed by atoms with Crippen molar-refractivity contribution < 1.29 is 8.83 Å². The van der Waals surface area contributed by atoms with E-state index in [9.17, 15) is 0 Å². The molecule has 0 radical (unpaired) electrons. The lowest BCUT2D eigenvalue weighted by atomic mass is 9.64. The highest BCUT2D eigenvalue weighted by Gasteiger charge is 2.54. The number of benzene rings is 13. The zero-order valence-electron chi connectivity index (χ0n) is 48.4. The van der Waals surface area contributed by atoms with Crippen LogP contribution in [0.5, 0.6) is 0 Å². The lowest BCUT2D eigenvalue weighted by Crippen LogP contribution is -2.36. The van der Waals surface area contributed by atoms with E-state index >= 15 is 0 Å². The van der Waals surface area contributed by atoms with E-state index in [0.29, 0.717) is 0 Å². The van der Waals surface area contributed by atoms with Crippen LogP contribution in [0.3, 0.4) is 0 Å². The minimum absolute atomic E-state index is 0.850. The van der Waals surface area contributed by atoms with Gasteiger partial charge in [0.25, 0.3) is 0 Å². The summed E-state index contributed by atoms with van der Waals surface area (Å²) in [5.74, 6) is 0. The molecule has 0 atom stereocenters. The Hall–Kier alpha value is -10.6. The molecule has 0 unspecified atom stereocenters. The molecule has 0 bridgehead atoms. The fourth-order valence-electron chi connectivity index (χ4n) is 14.9. The molecule has 410 valence electrons. The quantitative estimate of drug-likeness (QED) is 0.144. The molecule has 1 aliphatic heterocycles. The Morgan fingerprint density at radius 3 is 1.14 bits per heavy atom. The third kappa shape index (κ3) is 7.06. The zero-order valence-corrected chi connectivity index (χ0v) is 48.4. The molecule has 1 aliphatic carbocycles. The highest BCUT2D eigenvalue weighted by molar-refractivity contribution is 6.21. The van der Waals surface area contributed by atoms with Crippen LogP contribution in [0.15, 0.2) is 270 Å². The van der Waals surface area contributed by atoms with Crippen LogP contribution in [-0.2, 0) is 18.3 Å². The van der Waals surface area contributed by atoms with Crippen LogP contribution in [0.25, 0.3) is 76.5 Å². The van der Waals surface area contributed by atoms with Gasteiger partial charge in [-0.3, -0.25) is 0 Å². The second kappa shape index (κ2) is 19.2. The van der Waals surface area contributed by atoms with Gasteiger partial charge in [0.1, 0.15) is 11.2 Å². The average Bonchev–Trinajstić information content (AvgIpc) is 1.47. The summed E-state index contributed by atoms with van der Waals surface area (Å²) in [6.07, 6.45) is 1.87. The third-order valence-corrected chi connectivity index (χ3v) is 18.8. The monoisotopic (exact) mass is 1110 g/mol. The molecule has 0 amide bonds. The average molecular weight is 1110 g/mol. The highest BCUT2D eigenvalue weighted by Crippen LogP contribution is 2.67. The summed E-state index contributed by atoms with van der Waals surface area (Å²) in [6, 6.07) is 97.3. The van der Waals surface area contributed by atoms with Crippen molar-refractivity contribution in [1.82, 2.24) is 0 Å². The van der Waals surface area contributed by atoms with Gasteiger partial charge in [-0.15, -0.1) is 0 Å². The van der Waals surface area contributed by atoms with E-state index in [1.807, 2.05) is 0 Å². The largest absolute Gasteiger partial charge is 0.454 e. The van der Waals surface area contributed by atoms with Crippen molar-refractivity contribution >= 4 is 117 Å². The smallest absolute Gasteiger partial charge is 0.159 e. The van der Waals surface area contributed by atoms with Crippen LogP contribution in [0.2, 0.25) is 0 Å². The normalized spacial score (nSPS) is 13.0. The van der Waals surface area contributed by atoms with Crippen molar-refractivity contribution in [1.29, 1.82) is 0 Å². The van der Waals surface area contributed by atoms with Gasteiger partial charge in [0.2, 0.25) is 0 Å². The van der Waals surface area contributed by atoms with Crippen LogP contribution >= 0.6 is 0 Å². The molecule has 5 heteroatoms. The lowest BCUT2D eigenvalue weighted by molar-refractivity contribution is 0.665. The van der Waals surface area contributed by atoms with Crippen LogP contribution in [0, 0.1) is 13.8 Å². The maximum atomic E-state index is 7.16. The third-order valence-electron chi connectivity index (χ3n) is 18.8. The van der Waals surface area contributed by atoms with E-state index in [4.69, 9.17) is 8.83 Å². The first-order chi connectivity index (χ1) is 42.4. The Labute approximate surface area is 499 Å². The minimum Gasteiger partial charge on any atom is -0.454 e. The lowest BCUT2D eigenvalue weighted by Gasteiger charge is -2.45. The maximum Gasteiger partial charge on any atom is 0.159 e. The predicted octanol–water partition coefficient (Wildman–Crippen LogP) is 22.6. The fourth-order valence-corrected chi connectivity index (χ4v) is 14.9. The summed E-state index contributed by atoms with van der Waals surface area (Å²) in [5.41, 5.74) is 24.2. The predicted molar refractivity (Wildman–Crippen MR) is 359 cm³/mol. The van der Waals surface area contributed by atoms with Crippen molar-refractivity contribution in [3.63, 3.8) is 0 Å². The molecule has 0 saturated carbocycles. The van der Waals surface area contributed by atoms with Crippen LogP contribution in [-0.4, -0.2) is 0 Å². The number of hydrogen-bond acceptors (Lipinski definition) is 5. The first-order valence-corrected chi connectivity index (χ1v) is 30.2. The summed E-state index contributed by atoms with van der Waals surface area (Å²) < 4.78 is 14.3. The molecule has 15 aromatic rings. The van der Waals surface area contributed by atoms with Gasteiger partial charge < -0.3 is 23.5 Å². The SMILES string of the molecule is CCc1ccc(N(c2cc3c(c4ccccc24)-c2c(cc(N(c4ccc(CC)cc4)c4cccc5c4oc4c(C)cccc45)c4ccccc24)C32c3ccccc3N(c3ccccc3)c3ccccc32)c2cccc3c2oc2c(C)cccc23)cc1. The second-order valence-corrected chi connectivity index (χ2v) is 23.3. The first-order valence-electron chi connectivity index (χ1n) is 30.2. The van der Waals surface area contributed by atoms with Crippen LogP contribution < -0.4 is 14.7 Å². The molecule has 86 heavy (non-hydrogen) atoms. The van der Waals surface area contributed by atoms with Gasteiger partial charge >= 0.3 is 0 Å². The fraction of sp³-hybridized carbons (Fsp3) is 0.0864. The number of anilines is 9. The van der Waals surface area contributed by atoms with Gasteiger partial charge in [0.05, 0.1) is 39.5 Å². The highest BCUT2D eigenvalue weighted by atomic mass is 16.3. The van der Waals surface area contributed by atoms with Gasteiger partial charge in [0, 0.05) is 49.4 Å². The van der Waals surface area contributed by atoms with E-state index in [0.717, 1.165) is 130 Å². The molecule has 17 rings (SSSR count). The Balaban J connectivity index is 1.04. The summed E-state index contributed by atoms with van der Waals surface area (Å²) in [7, 11) is 0. The molecule has 2 aromatic heterocycles. The van der Waals surface area contributed by atoms with E-state index in [1.165, 1.54) is 55.3 Å². The first kappa shape index (κ1) is 49.9. The topological polar surface area (TPSA) is 36.0 Å². The number of furan rings is 2. The van der Waals surface area contributed by atoms with Gasteiger partial charge in [-0.2, -0.15) is 0 Å². The van der Waals surface area contributed by atoms with Crippen molar-refractivity contribution in [2.45, 2.75) is 46.0 Å². The number of hydrogen-bond donors (Lipinski definition) is 0. The summed E-state index contributed by atoms with van der Waals surface area (Å²) >= 11 is 0. The van der Waals surface area contributed by atoms with Crippen molar-refractivity contribution in [2.24, 2.45) is 0 Å². The standard InChI is InChI=1S/C81H59N3O2/c1-5-52-40-44-55(45-41-52)83(71-38-20-32-63-61-30-18-22-50(3)77(61)85-79(63)71)73-48-67-75(59-28-12-10-26-57(59)73)76-60-29-13-11-27-58(60)74(84(56-46-42-53(6-2)43-47-56)72-39-21-33-64-62-31-19-23-51(4)78(62)86-80(64)72)49-68(76)81(67)65-34-14-16-36-69(65)82(54-24-8-7-9-25-54)70-37-17-15-35-66(70)81/h7-49H,5-6H2,1-4H3. The van der Waals surface area contributed by atoms with Gasteiger partial charge in [-0.1, -0.05) is 202 Å². The zero-order chi connectivity index (χ0) is 57.4. The van der Waals surface area contributed by atoms with Gasteiger partial charge in [-0.05, 0) is 166 Å². The van der Waals surface area contributed by atoms with E-state index in [1.54, 1.807) is 0 Å². The van der Waals surface area contributed by atoms with E-state index in [-0.39, 0.29) is 0 Å². The number of para-hydroxylation sites is 7. The Kier molecular flexibility index (Phi) is 11.2.